The van der Waals surface area contributed by atoms with Crippen molar-refractivity contribution < 1.29 is 23.9 Å². The molecule has 2 amide bonds. The summed E-state index contributed by atoms with van der Waals surface area (Å²) in [6.07, 6.45) is 0.500. The fourth-order valence-electron chi connectivity index (χ4n) is 1.87. The molecule has 1 atom stereocenters. The van der Waals surface area contributed by atoms with Crippen LogP contribution in [0.3, 0.4) is 0 Å². The summed E-state index contributed by atoms with van der Waals surface area (Å²) in [5.41, 5.74) is 0.861. The third-order valence-corrected chi connectivity index (χ3v) is 4.04. The molecular formula is C16H21FN2O4S. The first-order valence-electron chi connectivity index (χ1n) is 7.45. The van der Waals surface area contributed by atoms with E-state index in [1.54, 1.807) is 12.1 Å². The number of nitrogens with one attached hydrogen (secondary N) is 1. The van der Waals surface area contributed by atoms with Gasteiger partial charge >= 0.3 is 12.0 Å². The maximum Gasteiger partial charge on any atom is 0.325 e. The van der Waals surface area contributed by atoms with Crippen LogP contribution in [0.4, 0.5) is 9.18 Å². The van der Waals surface area contributed by atoms with Crippen LogP contribution in [0.1, 0.15) is 19.4 Å². The van der Waals surface area contributed by atoms with Crippen LogP contribution in [0, 0.1) is 5.82 Å². The summed E-state index contributed by atoms with van der Waals surface area (Å²) in [5, 5.41) is 11.2. The SMILES string of the molecule is CC(=O)SCCN(CCc1ccc(F)cc1)C(=O)N[C@@H](C)C(=O)O. The minimum Gasteiger partial charge on any atom is -0.480 e. The number of aliphatic carboxylic acids is 1. The molecule has 2 N–H and O–H groups in total. The number of carbonyl (C=O) groups is 3. The molecule has 0 aromatic heterocycles. The number of halogens is 1. The normalized spacial score (nSPS) is 11.6. The highest BCUT2D eigenvalue weighted by molar-refractivity contribution is 8.13. The largest absolute Gasteiger partial charge is 0.480 e. The minimum atomic E-state index is -1.13. The average Bonchev–Trinajstić information content (AvgIpc) is 2.51. The van der Waals surface area contributed by atoms with E-state index >= 15 is 0 Å². The number of thioether (sulfide) groups is 1. The van der Waals surface area contributed by atoms with E-state index in [1.165, 1.54) is 30.9 Å². The van der Waals surface area contributed by atoms with Crippen molar-refractivity contribution in [3.8, 4) is 0 Å². The van der Waals surface area contributed by atoms with Gasteiger partial charge in [0.25, 0.3) is 0 Å². The van der Waals surface area contributed by atoms with Crippen molar-refractivity contribution in [2.24, 2.45) is 0 Å². The lowest BCUT2D eigenvalue weighted by molar-refractivity contribution is -0.138. The van der Waals surface area contributed by atoms with Crippen LogP contribution >= 0.6 is 11.8 Å². The number of hydrogen-bond acceptors (Lipinski definition) is 4. The zero-order valence-electron chi connectivity index (χ0n) is 13.6. The van der Waals surface area contributed by atoms with Crippen molar-refractivity contribution in [3.05, 3.63) is 35.6 Å². The Balaban J connectivity index is 2.65. The first-order chi connectivity index (χ1) is 11.3. The smallest absolute Gasteiger partial charge is 0.325 e. The van der Waals surface area contributed by atoms with E-state index in [2.05, 4.69) is 5.32 Å². The first kappa shape index (κ1) is 20.0. The number of carbonyl (C=O) groups excluding carboxylic acids is 2. The molecule has 0 spiro atoms. The van der Waals surface area contributed by atoms with Crippen molar-refractivity contribution in [2.45, 2.75) is 26.3 Å². The monoisotopic (exact) mass is 356 g/mol. The topological polar surface area (TPSA) is 86.7 Å². The molecule has 1 aromatic carbocycles. The molecule has 1 rings (SSSR count). The fourth-order valence-corrected chi connectivity index (χ4v) is 2.47. The molecule has 24 heavy (non-hydrogen) atoms. The van der Waals surface area contributed by atoms with E-state index in [9.17, 15) is 18.8 Å². The fraction of sp³-hybridized carbons (Fsp3) is 0.438. The van der Waals surface area contributed by atoms with Gasteiger partial charge in [-0.1, -0.05) is 23.9 Å². The Morgan fingerprint density at radius 3 is 2.42 bits per heavy atom. The van der Waals surface area contributed by atoms with Crippen molar-refractivity contribution in [1.82, 2.24) is 10.2 Å². The van der Waals surface area contributed by atoms with Crippen molar-refractivity contribution in [2.75, 3.05) is 18.8 Å². The van der Waals surface area contributed by atoms with E-state index in [0.717, 1.165) is 17.3 Å². The second-order valence-corrected chi connectivity index (χ2v) is 6.48. The van der Waals surface area contributed by atoms with E-state index in [-0.39, 0.29) is 10.9 Å². The van der Waals surface area contributed by atoms with E-state index in [1.807, 2.05) is 0 Å². The summed E-state index contributed by atoms with van der Waals surface area (Å²) in [6, 6.07) is 4.45. The van der Waals surface area contributed by atoms with Gasteiger partial charge in [0.05, 0.1) is 0 Å². The van der Waals surface area contributed by atoms with E-state index < -0.39 is 18.0 Å². The summed E-state index contributed by atoms with van der Waals surface area (Å²) in [4.78, 5) is 35.5. The Labute approximate surface area is 144 Å². The standard InChI is InChI=1S/C16H21FN2O4S/c1-11(15(21)22)18-16(23)19(9-10-24-12(2)20)8-7-13-3-5-14(17)6-4-13/h3-6,11H,7-10H2,1-2H3,(H,18,23)(H,21,22)/t11-/m0/s1. The van der Waals surface area contributed by atoms with Crippen LogP contribution in [-0.4, -0.2) is 52.0 Å². The maximum absolute atomic E-state index is 12.9. The molecule has 0 bridgehead atoms. The molecule has 0 aliphatic heterocycles. The number of carboxylic acid groups (broad SMARTS) is 1. The Kier molecular flexibility index (Phi) is 8.25. The molecule has 0 aliphatic rings. The van der Waals surface area contributed by atoms with E-state index in [0.29, 0.717) is 25.3 Å². The molecule has 0 radical (unpaired) electrons. The highest BCUT2D eigenvalue weighted by Crippen LogP contribution is 2.07. The second-order valence-electron chi connectivity index (χ2n) is 5.21. The maximum atomic E-state index is 12.9. The predicted octanol–water partition coefficient (Wildman–Crippen LogP) is 2.13. The van der Waals surface area contributed by atoms with Crippen molar-refractivity contribution in [3.63, 3.8) is 0 Å². The number of nitrogens with zero attached hydrogens (tertiary/aromatic N) is 1. The zero-order chi connectivity index (χ0) is 18.1. The summed E-state index contributed by atoms with van der Waals surface area (Å²) in [6.45, 7) is 3.47. The van der Waals surface area contributed by atoms with Crippen LogP contribution < -0.4 is 5.32 Å². The third kappa shape index (κ3) is 7.45. The Morgan fingerprint density at radius 1 is 1.25 bits per heavy atom. The van der Waals surface area contributed by atoms with Crippen LogP contribution in [0.5, 0.6) is 0 Å². The summed E-state index contributed by atoms with van der Waals surface area (Å²) in [7, 11) is 0. The number of carboxylic acids is 1. The van der Waals surface area contributed by atoms with E-state index in [4.69, 9.17) is 5.11 Å². The van der Waals surface area contributed by atoms with Gasteiger partial charge < -0.3 is 15.3 Å². The number of benzene rings is 1. The Bertz CT molecular complexity index is 580. The van der Waals surface area contributed by atoms with Gasteiger partial charge in [-0.3, -0.25) is 9.59 Å². The van der Waals surface area contributed by atoms with Crippen molar-refractivity contribution >= 4 is 28.9 Å². The van der Waals surface area contributed by atoms with Gasteiger partial charge in [0.2, 0.25) is 0 Å². The summed E-state index contributed by atoms with van der Waals surface area (Å²) >= 11 is 1.10. The number of urea groups is 1. The highest BCUT2D eigenvalue weighted by atomic mass is 32.2. The van der Waals surface area contributed by atoms with Crippen LogP contribution in [-0.2, 0) is 16.0 Å². The summed E-state index contributed by atoms with van der Waals surface area (Å²) < 4.78 is 12.9. The molecule has 0 unspecified atom stereocenters. The predicted molar refractivity (Wildman–Crippen MR) is 90.4 cm³/mol. The lowest BCUT2D eigenvalue weighted by Gasteiger charge is -2.24. The van der Waals surface area contributed by atoms with Crippen LogP contribution in [0.25, 0.3) is 0 Å². The lowest BCUT2D eigenvalue weighted by atomic mass is 10.1. The Morgan fingerprint density at radius 2 is 1.88 bits per heavy atom. The minimum absolute atomic E-state index is 0.0483. The van der Waals surface area contributed by atoms with Crippen LogP contribution in [0.15, 0.2) is 24.3 Å². The van der Waals surface area contributed by atoms with Gasteiger partial charge in [-0.2, -0.15) is 0 Å². The van der Waals surface area contributed by atoms with Gasteiger partial charge in [0, 0.05) is 25.8 Å². The van der Waals surface area contributed by atoms with Crippen molar-refractivity contribution in [1.29, 1.82) is 0 Å². The highest BCUT2D eigenvalue weighted by Gasteiger charge is 2.19. The number of rotatable bonds is 8. The molecule has 0 heterocycles. The van der Waals surface area contributed by atoms with Gasteiger partial charge in [-0.25, -0.2) is 9.18 Å². The number of amides is 2. The Hall–Kier alpha value is -2.09. The molecule has 0 saturated heterocycles. The third-order valence-electron chi connectivity index (χ3n) is 3.25. The van der Waals surface area contributed by atoms with Crippen LogP contribution in [0.2, 0.25) is 0 Å². The lowest BCUT2D eigenvalue weighted by Crippen LogP contribution is -2.48. The molecule has 132 valence electrons. The molecule has 0 fully saturated rings. The van der Waals surface area contributed by atoms with Gasteiger partial charge in [-0.05, 0) is 31.0 Å². The quantitative estimate of drug-likeness (QED) is 0.745. The molecular weight excluding hydrogens is 335 g/mol. The number of hydrogen-bond donors (Lipinski definition) is 2. The molecule has 6 nitrogen and oxygen atoms in total. The molecule has 0 aliphatic carbocycles. The molecule has 8 heteroatoms. The molecule has 1 aromatic rings. The van der Waals surface area contributed by atoms with Gasteiger partial charge in [-0.15, -0.1) is 0 Å². The zero-order valence-corrected chi connectivity index (χ0v) is 14.4. The molecule has 0 saturated carbocycles. The summed E-state index contributed by atoms with van der Waals surface area (Å²) in [5.74, 6) is -1.03. The average molecular weight is 356 g/mol. The van der Waals surface area contributed by atoms with Gasteiger partial charge in [0.15, 0.2) is 5.12 Å². The first-order valence-corrected chi connectivity index (χ1v) is 8.44. The second kappa shape index (κ2) is 9.92. The van der Waals surface area contributed by atoms with Gasteiger partial charge in [0.1, 0.15) is 11.9 Å².